The van der Waals surface area contributed by atoms with Gasteiger partial charge in [0.05, 0.1) is 0 Å². The van der Waals surface area contributed by atoms with Crippen molar-refractivity contribution < 1.29 is 4.79 Å². The Morgan fingerprint density at radius 3 is 2.72 bits per heavy atom. The Hall–Kier alpha value is -0.670. The zero-order valence-corrected chi connectivity index (χ0v) is 12.4. The van der Waals surface area contributed by atoms with E-state index in [0.29, 0.717) is 6.42 Å². The lowest BCUT2D eigenvalue weighted by Gasteiger charge is -2.19. The molecule has 0 unspecified atom stereocenters. The van der Waals surface area contributed by atoms with Gasteiger partial charge in [-0.25, -0.2) is 0 Å². The topological polar surface area (TPSA) is 20.3 Å². The monoisotopic (exact) mass is 309 g/mol. The van der Waals surface area contributed by atoms with E-state index in [0.717, 1.165) is 29.0 Å². The highest BCUT2D eigenvalue weighted by atomic mass is 79.9. The summed E-state index contributed by atoms with van der Waals surface area (Å²) in [4.78, 5) is 14.5. The SMILES string of the molecule is CCN(CCC(=O)c1ccccc1Br)CC1CC1. The summed E-state index contributed by atoms with van der Waals surface area (Å²) < 4.78 is 0.903. The van der Waals surface area contributed by atoms with Crippen LogP contribution in [0.3, 0.4) is 0 Å². The maximum absolute atomic E-state index is 12.1. The summed E-state index contributed by atoms with van der Waals surface area (Å²) in [5.74, 6) is 1.13. The van der Waals surface area contributed by atoms with Crippen LogP contribution in [0.1, 0.15) is 36.5 Å². The number of rotatable bonds is 7. The van der Waals surface area contributed by atoms with Crippen LogP contribution in [0.25, 0.3) is 0 Å². The average molecular weight is 310 g/mol. The van der Waals surface area contributed by atoms with E-state index < -0.39 is 0 Å². The highest BCUT2D eigenvalue weighted by molar-refractivity contribution is 9.10. The zero-order valence-electron chi connectivity index (χ0n) is 10.9. The van der Waals surface area contributed by atoms with Gasteiger partial charge >= 0.3 is 0 Å². The van der Waals surface area contributed by atoms with Gasteiger partial charge in [0, 0.05) is 29.5 Å². The first-order valence-electron chi connectivity index (χ1n) is 6.70. The van der Waals surface area contributed by atoms with Crippen molar-refractivity contribution in [2.75, 3.05) is 19.6 Å². The van der Waals surface area contributed by atoms with Crippen molar-refractivity contribution in [1.29, 1.82) is 0 Å². The highest BCUT2D eigenvalue weighted by Crippen LogP contribution is 2.29. The normalized spacial score (nSPS) is 15.1. The number of benzene rings is 1. The minimum Gasteiger partial charge on any atom is -0.303 e. The molecule has 18 heavy (non-hydrogen) atoms. The Bertz CT molecular complexity index is 415. The summed E-state index contributed by atoms with van der Waals surface area (Å²) in [5.41, 5.74) is 0.806. The lowest BCUT2D eigenvalue weighted by atomic mass is 10.1. The minimum absolute atomic E-state index is 0.233. The summed E-state index contributed by atoms with van der Waals surface area (Å²) in [7, 11) is 0. The van der Waals surface area contributed by atoms with Gasteiger partial charge in [0.25, 0.3) is 0 Å². The van der Waals surface area contributed by atoms with Crippen LogP contribution < -0.4 is 0 Å². The fourth-order valence-electron chi connectivity index (χ4n) is 2.13. The van der Waals surface area contributed by atoms with Crippen LogP contribution in [0.2, 0.25) is 0 Å². The number of hydrogen-bond donors (Lipinski definition) is 0. The molecular formula is C15H20BrNO. The van der Waals surface area contributed by atoms with E-state index in [9.17, 15) is 4.79 Å². The fourth-order valence-corrected chi connectivity index (χ4v) is 2.63. The molecule has 0 radical (unpaired) electrons. The highest BCUT2D eigenvalue weighted by Gasteiger charge is 2.23. The van der Waals surface area contributed by atoms with Crippen LogP contribution in [-0.2, 0) is 0 Å². The van der Waals surface area contributed by atoms with Gasteiger partial charge in [0.2, 0.25) is 0 Å². The molecule has 1 aliphatic carbocycles. The molecule has 98 valence electrons. The Kier molecular flexibility index (Phi) is 4.95. The van der Waals surface area contributed by atoms with E-state index in [1.165, 1.54) is 19.4 Å². The molecule has 1 aromatic carbocycles. The van der Waals surface area contributed by atoms with Crippen LogP contribution in [0, 0.1) is 5.92 Å². The molecule has 0 saturated heterocycles. The van der Waals surface area contributed by atoms with Crippen molar-refractivity contribution in [2.45, 2.75) is 26.2 Å². The number of Topliss-reactive ketones (excluding diaryl/α,β-unsaturated/α-hetero) is 1. The fraction of sp³-hybridized carbons (Fsp3) is 0.533. The molecule has 0 amide bonds. The predicted molar refractivity (Wildman–Crippen MR) is 77.9 cm³/mol. The molecular weight excluding hydrogens is 290 g/mol. The number of nitrogens with zero attached hydrogens (tertiary/aromatic N) is 1. The molecule has 1 aliphatic rings. The standard InChI is InChI=1S/C15H20BrNO/c1-2-17(11-12-7-8-12)10-9-15(18)13-5-3-4-6-14(13)16/h3-6,12H,2,7-11H2,1H3. The van der Waals surface area contributed by atoms with E-state index >= 15 is 0 Å². The summed E-state index contributed by atoms with van der Waals surface area (Å²) in [6.45, 7) is 5.26. The maximum atomic E-state index is 12.1. The van der Waals surface area contributed by atoms with Crippen molar-refractivity contribution in [3.8, 4) is 0 Å². The molecule has 1 fully saturated rings. The van der Waals surface area contributed by atoms with Crippen molar-refractivity contribution >= 4 is 21.7 Å². The molecule has 0 N–H and O–H groups in total. The third-order valence-electron chi connectivity index (χ3n) is 3.49. The summed E-state index contributed by atoms with van der Waals surface area (Å²) in [6, 6.07) is 7.67. The quantitative estimate of drug-likeness (QED) is 0.715. The molecule has 0 spiro atoms. The molecule has 2 nitrogen and oxygen atoms in total. The van der Waals surface area contributed by atoms with Crippen molar-refractivity contribution in [3.63, 3.8) is 0 Å². The van der Waals surface area contributed by atoms with Crippen LogP contribution in [0.4, 0.5) is 0 Å². The van der Waals surface area contributed by atoms with Crippen LogP contribution in [0.15, 0.2) is 28.7 Å². The molecule has 0 aliphatic heterocycles. The molecule has 0 heterocycles. The van der Waals surface area contributed by atoms with Crippen LogP contribution in [-0.4, -0.2) is 30.3 Å². The smallest absolute Gasteiger partial charge is 0.165 e. The van der Waals surface area contributed by atoms with Crippen molar-refractivity contribution in [2.24, 2.45) is 5.92 Å². The van der Waals surface area contributed by atoms with Gasteiger partial charge in [0.1, 0.15) is 0 Å². The van der Waals surface area contributed by atoms with E-state index in [1.54, 1.807) is 0 Å². The lowest BCUT2D eigenvalue weighted by Crippen LogP contribution is -2.28. The predicted octanol–water partition coefficient (Wildman–Crippen LogP) is 3.75. The average Bonchev–Trinajstić information content (AvgIpc) is 3.18. The molecule has 3 heteroatoms. The largest absolute Gasteiger partial charge is 0.303 e. The summed E-state index contributed by atoms with van der Waals surface area (Å²) in [5, 5.41) is 0. The third kappa shape index (κ3) is 3.92. The first-order valence-corrected chi connectivity index (χ1v) is 7.50. The number of hydrogen-bond acceptors (Lipinski definition) is 2. The Morgan fingerprint density at radius 2 is 2.11 bits per heavy atom. The van der Waals surface area contributed by atoms with Crippen LogP contribution >= 0.6 is 15.9 Å². The van der Waals surface area contributed by atoms with Gasteiger partial charge in [0.15, 0.2) is 5.78 Å². The van der Waals surface area contributed by atoms with E-state index in [-0.39, 0.29) is 5.78 Å². The molecule has 1 saturated carbocycles. The van der Waals surface area contributed by atoms with E-state index in [4.69, 9.17) is 0 Å². The molecule has 0 bridgehead atoms. The van der Waals surface area contributed by atoms with Crippen molar-refractivity contribution in [3.05, 3.63) is 34.3 Å². The Morgan fingerprint density at radius 1 is 1.39 bits per heavy atom. The summed E-state index contributed by atoms with van der Waals surface area (Å²) in [6.07, 6.45) is 3.35. The first kappa shape index (κ1) is 13.8. The van der Waals surface area contributed by atoms with Gasteiger partial charge in [-0.2, -0.15) is 0 Å². The zero-order chi connectivity index (χ0) is 13.0. The number of carbonyl (C=O) groups excluding carboxylic acids is 1. The number of carbonyl (C=O) groups is 1. The van der Waals surface area contributed by atoms with Crippen molar-refractivity contribution in [1.82, 2.24) is 4.90 Å². The second-order valence-electron chi connectivity index (χ2n) is 4.99. The van der Waals surface area contributed by atoms with Gasteiger partial charge in [-0.3, -0.25) is 4.79 Å². The second-order valence-corrected chi connectivity index (χ2v) is 5.84. The third-order valence-corrected chi connectivity index (χ3v) is 4.18. The maximum Gasteiger partial charge on any atom is 0.165 e. The van der Waals surface area contributed by atoms with Gasteiger partial charge < -0.3 is 4.90 Å². The number of ketones is 1. The van der Waals surface area contributed by atoms with Gasteiger partial charge in [-0.1, -0.05) is 41.1 Å². The first-order chi connectivity index (χ1) is 8.70. The van der Waals surface area contributed by atoms with E-state index in [2.05, 4.69) is 27.8 Å². The Balaban J connectivity index is 1.85. The lowest BCUT2D eigenvalue weighted by molar-refractivity contribution is 0.0963. The number of halogens is 1. The van der Waals surface area contributed by atoms with Gasteiger partial charge in [-0.05, 0) is 31.4 Å². The molecule has 1 aromatic rings. The van der Waals surface area contributed by atoms with E-state index in [1.807, 2.05) is 24.3 Å². The Labute approximate surface area is 117 Å². The summed E-state index contributed by atoms with van der Waals surface area (Å²) >= 11 is 3.44. The minimum atomic E-state index is 0.233. The van der Waals surface area contributed by atoms with Crippen LogP contribution in [0.5, 0.6) is 0 Å². The molecule has 0 aromatic heterocycles. The second kappa shape index (κ2) is 6.48. The van der Waals surface area contributed by atoms with Gasteiger partial charge in [-0.15, -0.1) is 0 Å². The molecule has 2 rings (SSSR count). The molecule has 0 atom stereocenters.